The third-order valence-corrected chi connectivity index (χ3v) is 4.07. The molecule has 0 aliphatic heterocycles. The first-order valence-corrected chi connectivity index (χ1v) is 8.21. The van der Waals surface area contributed by atoms with Gasteiger partial charge in [0.25, 0.3) is 5.69 Å². The average molecular weight is 361 g/mol. The number of non-ortho nitro benzene ring substituents is 1. The van der Waals surface area contributed by atoms with Gasteiger partial charge in [-0.05, 0) is 38.1 Å². The van der Waals surface area contributed by atoms with E-state index in [1.54, 1.807) is 16.9 Å². The van der Waals surface area contributed by atoms with Gasteiger partial charge in [0, 0.05) is 12.1 Å². The summed E-state index contributed by atoms with van der Waals surface area (Å²) in [5, 5.41) is 28.7. The minimum absolute atomic E-state index is 0.0181. The Morgan fingerprint density at radius 2 is 1.22 bits per heavy atom. The Hall–Kier alpha value is -3.88. The molecule has 0 radical (unpaired) electrons. The van der Waals surface area contributed by atoms with Gasteiger partial charge in [-0.15, -0.1) is 10.2 Å². The maximum atomic E-state index is 10.8. The van der Waals surface area contributed by atoms with Gasteiger partial charge in [0.05, 0.1) is 27.7 Å². The van der Waals surface area contributed by atoms with Crippen LogP contribution in [0, 0.1) is 24.0 Å². The van der Waals surface area contributed by atoms with E-state index in [9.17, 15) is 10.1 Å². The SMILES string of the molecule is Cc1nn(-c2ccccc2)nc1-c1nn(-c2ccc([N+](=O)[O-])cc2)nc1C. The first-order valence-electron chi connectivity index (χ1n) is 8.21. The molecule has 0 atom stereocenters. The lowest BCUT2D eigenvalue weighted by molar-refractivity contribution is -0.384. The molecular weight excluding hydrogens is 346 g/mol. The number of hydrogen-bond donors (Lipinski definition) is 0. The van der Waals surface area contributed by atoms with E-state index in [1.807, 2.05) is 44.2 Å². The summed E-state index contributed by atoms with van der Waals surface area (Å²) < 4.78 is 0. The molecule has 2 aromatic carbocycles. The molecule has 0 amide bonds. The number of aromatic nitrogens is 6. The summed E-state index contributed by atoms with van der Waals surface area (Å²) in [6.45, 7) is 3.71. The Bertz CT molecular complexity index is 1110. The van der Waals surface area contributed by atoms with Gasteiger partial charge in [-0.25, -0.2) is 0 Å². The highest BCUT2D eigenvalue weighted by molar-refractivity contribution is 5.59. The fraction of sp³-hybridized carbons (Fsp3) is 0.111. The van der Waals surface area contributed by atoms with Crippen molar-refractivity contribution in [2.75, 3.05) is 0 Å². The molecule has 0 fully saturated rings. The first-order chi connectivity index (χ1) is 13.0. The summed E-state index contributed by atoms with van der Waals surface area (Å²) >= 11 is 0. The maximum absolute atomic E-state index is 10.8. The Morgan fingerprint density at radius 1 is 0.741 bits per heavy atom. The molecule has 0 aliphatic rings. The summed E-state index contributed by atoms with van der Waals surface area (Å²) in [6.07, 6.45) is 0. The van der Waals surface area contributed by atoms with Crippen LogP contribution in [-0.4, -0.2) is 34.9 Å². The molecule has 4 rings (SSSR count). The number of para-hydroxylation sites is 1. The number of nitrogens with zero attached hydrogens (tertiary/aromatic N) is 7. The van der Waals surface area contributed by atoms with Gasteiger partial charge in [0.2, 0.25) is 0 Å². The van der Waals surface area contributed by atoms with Crippen molar-refractivity contribution >= 4 is 5.69 Å². The van der Waals surface area contributed by atoms with Gasteiger partial charge in [-0.2, -0.15) is 19.8 Å². The predicted octanol–water partition coefficient (Wildman–Crippen LogP) is 3.04. The van der Waals surface area contributed by atoms with Crippen LogP contribution in [0.25, 0.3) is 22.8 Å². The van der Waals surface area contributed by atoms with Crippen LogP contribution in [0.1, 0.15) is 11.4 Å². The lowest BCUT2D eigenvalue weighted by atomic mass is 10.2. The van der Waals surface area contributed by atoms with Crippen LogP contribution in [-0.2, 0) is 0 Å². The Morgan fingerprint density at radius 3 is 1.70 bits per heavy atom. The zero-order valence-electron chi connectivity index (χ0n) is 14.6. The van der Waals surface area contributed by atoms with Crippen molar-refractivity contribution in [1.82, 2.24) is 30.0 Å². The largest absolute Gasteiger partial charge is 0.269 e. The molecule has 9 heteroatoms. The van der Waals surface area contributed by atoms with Gasteiger partial charge in [-0.1, -0.05) is 18.2 Å². The second-order valence-electron chi connectivity index (χ2n) is 5.96. The number of hydrogen-bond acceptors (Lipinski definition) is 6. The van der Waals surface area contributed by atoms with E-state index in [4.69, 9.17) is 0 Å². The number of aryl methyl sites for hydroxylation is 2. The third kappa shape index (κ3) is 3.06. The molecule has 0 unspecified atom stereocenters. The summed E-state index contributed by atoms with van der Waals surface area (Å²) in [5.74, 6) is 0. The molecule has 134 valence electrons. The smallest absolute Gasteiger partial charge is 0.258 e. The fourth-order valence-corrected chi connectivity index (χ4v) is 2.70. The van der Waals surface area contributed by atoms with Crippen LogP contribution in [0.3, 0.4) is 0 Å². The molecule has 27 heavy (non-hydrogen) atoms. The second-order valence-corrected chi connectivity index (χ2v) is 5.96. The Labute approximate surface area is 154 Å². The monoisotopic (exact) mass is 361 g/mol. The van der Waals surface area contributed by atoms with E-state index in [0.717, 1.165) is 11.4 Å². The van der Waals surface area contributed by atoms with Crippen LogP contribution in [0.4, 0.5) is 5.69 Å². The van der Waals surface area contributed by atoms with Gasteiger partial charge in [0.1, 0.15) is 11.4 Å². The second kappa shape index (κ2) is 6.45. The molecule has 0 N–H and O–H groups in total. The number of rotatable bonds is 4. The molecule has 0 spiro atoms. The fourth-order valence-electron chi connectivity index (χ4n) is 2.70. The quantitative estimate of drug-likeness (QED) is 0.409. The van der Waals surface area contributed by atoms with E-state index >= 15 is 0 Å². The molecule has 0 bridgehead atoms. The first kappa shape index (κ1) is 16.6. The van der Waals surface area contributed by atoms with Crippen molar-refractivity contribution in [2.24, 2.45) is 0 Å². The molecule has 0 saturated carbocycles. The van der Waals surface area contributed by atoms with Crippen molar-refractivity contribution in [2.45, 2.75) is 13.8 Å². The summed E-state index contributed by atoms with van der Waals surface area (Å²) in [4.78, 5) is 13.4. The van der Waals surface area contributed by atoms with Crippen LogP contribution in [0.2, 0.25) is 0 Å². The molecule has 2 heterocycles. The average Bonchev–Trinajstić information content (AvgIpc) is 3.25. The number of benzene rings is 2. The highest BCUT2D eigenvalue weighted by Crippen LogP contribution is 2.23. The standard InChI is InChI=1S/C18H15N7O2/c1-12-17(21-23(19-12)14-6-4-3-5-7-14)18-13(2)20-24(22-18)15-8-10-16(11-9-15)25(26)27/h3-11H,1-2H3. The van der Waals surface area contributed by atoms with Crippen molar-refractivity contribution < 1.29 is 4.92 Å². The molecule has 2 aromatic heterocycles. The molecule has 4 aromatic rings. The molecule has 9 nitrogen and oxygen atoms in total. The van der Waals surface area contributed by atoms with E-state index in [-0.39, 0.29) is 5.69 Å². The Kier molecular flexibility index (Phi) is 3.96. The topological polar surface area (TPSA) is 105 Å². The summed E-state index contributed by atoms with van der Waals surface area (Å²) in [6, 6.07) is 15.7. The van der Waals surface area contributed by atoms with Gasteiger partial charge < -0.3 is 0 Å². The highest BCUT2D eigenvalue weighted by Gasteiger charge is 2.18. The van der Waals surface area contributed by atoms with Gasteiger partial charge >= 0.3 is 0 Å². The molecular formula is C18H15N7O2. The number of nitro benzene ring substituents is 1. The van der Waals surface area contributed by atoms with Gasteiger partial charge in [0.15, 0.2) is 0 Å². The summed E-state index contributed by atoms with van der Waals surface area (Å²) in [5.41, 5.74) is 4.19. The van der Waals surface area contributed by atoms with Crippen molar-refractivity contribution in [3.05, 3.63) is 76.1 Å². The van der Waals surface area contributed by atoms with Crippen molar-refractivity contribution in [3.8, 4) is 22.8 Å². The van der Waals surface area contributed by atoms with Gasteiger partial charge in [-0.3, -0.25) is 10.1 Å². The van der Waals surface area contributed by atoms with E-state index < -0.39 is 4.92 Å². The van der Waals surface area contributed by atoms with Crippen LogP contribution < -0.4 is 0 Å². The third-order valence-electron chi connectivity index (χ3n) is 4.07. The van der Waals surface area contributed by atoms with E-state index in [0.29, 0.717) is 22.8 Å². The lowest BCUT2D eigenvalue weighted by Gasteiger charge is -1.98. The Balaban J connectivity index is 1.72. The molecule has 0 saturated heterocycles. The van der Waals surface area contributed by atoms with E-state index in [2.05, 4.69) is 20.4 Å². The van der Waals surface area contributed by atoms with Crippen LogP contribution in [0.5, 0.6) is 0 Å². The highest BCUT2D eigenvalue weighted by atomic mass is 16.6. The minimum atomic E-state index is -0.442. The van der Waals surface area contributed by atoms with Crippen LogP contribution in [0.15, 0.2) is 54.6 Å². The van der Waals surface area contributed by atoms with Crippen molar-refractivity contribution in [1.29, 1.82) is 0 Å². The minimum Gasteiger partial charge on any atom is -0.258 e. The predicted molar refractivity (Wildman–Crippen MR) is 97.8 cm³/mol. The number of nitro groups is 1. The van der Waals surface area contributed by atoms with E-state index in [1.165, 1.54) is 16.9 Å². The summed E-state index contributed by atoms with van der Waals surface area (Å²) in [7, 11) is 0. The zero-order chi connectivity index (χ0) is 19.0. The maximum Gasteiger partial charge on any atom is 0.269 e. The zero-order valence-corrected chi connectivity index (χ0v) is 14.6. The van der Waals surface area contributed by atoms with Crippen molar-refractivity contribution in [3.63, 3.8) is 0 Å². The molecule has 0 aliphatic carbocycles. The lowest BCUT2D eigenvalue weighted by Crippen LogP contribution is -1.99. The van der Waals surface area contributed by atoms with Crippen LogP contribution >= 0.6 is 0 Å². The normalized spacial score (nSPS) is 10.9.